The van der Waals surface area contributed by atoms with Gasteiger partial charge in [-0.1, -0.05) is 0 Å². The normalized spacial score (nSPS) is 9.87. The van der Waals surface area contributed by atoms with Gasteiger partial charge in [0, 0.05) is 12.4 Å². The zero-order valence-corrected chi connectivity index (χ0v) is 8.53. The molecule has 2 heterocycles. The summed E-state index contributed by atoms with van der Waals surface area (Å²) >= 11 is 1.37. The fraction of sp³-hybridized carbons (Fsp3) is 0.100. The topological polar surface area (TPSA) is 69.8 Å². The molecule has 4 nitrogen and oxygen atoms in total. The Balaban J connectivity index is 2.41. The van der Waals surface area contributed by atoms with Gasteiger partial charge in [0.05, 0.1) is 23.1 Å². The van der Waals surface area contributed by atoms with Gasteiger partial charge in [0.1, 0.15) is 10.7 Å². The zero-order valence-electron chi connectivity index (χ0n) is 7.71. The van der Waals surface area contributed by atoms with Crippen LogP contribution in [0, 0.1) is 11.3 Å². The van der Waals surface area contributed by atoms with Crippen LogP contribution in [0.2, 0.25) is 0 Å². The molecular weight excluding hydrogens is 210 g/mol. The number of hydrogen-bond donors (Lipinski definition) is 1. The van der Waals surface area contributed by atoms with Gasteiger partial charge < -0.3 is 5.11 Å². The third kappa shape index (κ3) is 2.01. The molecule has 0 amide bonds. The summed E-state index contributed by atoms with van der Waals surface area (Å²) in [5.41, 5.74) is 1.22. The molecule has 0 aromatic carbocycles. The molecule has 0 saturated carbocycles. The maximum atomic E-state index is 8.90. The molecule has 2 rings (SSSR count). The van der Waals surface area contributed by atoms with E-state index in [-0.39, 0.29) is 6.61 Å². The fourth-order valence-electron chi connectivity index (χ4n) is 1.12. The first-order valence-corrected chi connectivity index (χ1v) is 5.07. The Labute approximate surface area is 90.5 Å². The predicted octanol–water partition coefficient (Wildman–Crippen LogP) is 1.57. The van der Waals surface area contributed by atoms with E-state index in [1.165, 1.54) is 11.3 Å². The van der Waals surface area contributed by atoms with Gasteiger partial charge in [0.25, 0.3) is 0 Å². The van der Waals surface area contributed by atoms with Crippen LogP contribution in [0.1, 0.15) is 10.4 Å². The number of thiazole rings is 1. The smallest absolute Gasteiger partial charge is 0.142 e. The van der Waals surface area contributed by atoms with Crippen molar-refractivity contribution in [2.75, 3.05) is 0 Å². The molecule has 0 aliphatic rings. The van der Waals surface area contributed by atoms with Gasteiger partial charge in [-0.15, -0.1) is 11.3 Å². The number of nitrogens with zero attached hydrogens (tertiary/aromatic N) is 3. The van der Waals surface area contributed by atoms with Crippen molar-refractivity contribution in [2.24, 2.45) is 0 Å². The molecule has 2 aromatic rings. The Morgan fingerprint density at radius 1 is 1.47 bits per heavy atom. The highest BCUT2D eigenvalue weighted by Crippen LogP contribution is 2.23. The third-order valence-corrected chi connectivity index (χ3v) is 2.82. The molecule has 0 fully saturated rings. The average Bonchev–Trinajstić information content (AvgIpc) is 2.78. The van der Waals surface area contributed by atoms with Crippen LogP contribution in [0.5, 0.6) is 0 Å². The van der Waals surface area contributed by atoms with E-state index in [9.17, 15) is 0 Å². The van der Waals surface area contributed by atoms with Gasteiger partial charge in [-0.2, -0.15) is 5.26 Å². The van der Waals surface area contributed by atoms with E-state index in [1.807, 2.05) is 6.07 Å². The molecule has 0 spiro atoms. The van der Waals surface area contributed by atoms with Crippen molar-refractivity contribution in [2.45, 2.75) is 6.61 Å². The van der Waals surface area contributed by atoms with E-state index in [0.717, 1.165) is 9.88 Å². The Morgan fingerprint density at radius 2 is 2.33 bits per heavy atom. The number of nitriles is 1. The minimum Gasteiger partial charge on any atom is -0.391 e. The van der Waals surface area contributed by atoms with Gasteiger partial charge >= 0.3 is 0 Å². The molecule has 15 heavy (non-hydrogen) atoms. The minimum atomic E-state index is -0.0182. The van der Waals surface area contributed by atoms with Crippen LogP contribution < -0.4 is 0 Å². The Bertz CT molecular complexity index is 515. The average molecular weight is 217 g/mol. The Hall–Kier alpha value is -1.77. The van der Waals surface area contributed by atoms with Crippen LogP contribution in [-0.2, 0) is 6.61 Å². The number of aliphatic hydroxyl groups excluding tert-OH is 1. The van der Waals surface area contributed by atoms with E-state index >= 15 is 0 Å². The predicted molar refractivity (Wildman–Crippen MR) is 56.0 cm³/mol. The van der Waals surface area contributed by atoms with Crippen LogP contribution >= 0.6 is 11.3 Å². The summed E-state index contributed by atoms with van der Waals surface area (Å²) in [5.74, 6) is 0. The summed E-state index contributed by atoms with van der Waals surface area (Å²) in [6.07, 6.45) is 3.19. The lowest BCUT2D eigenvalue weighted by Crippen LogP contribution is -1.83. The number of rotatable bonds is 2. The number of hydrogen-bond acceptors (Lipinski definition) is 5. The second-order valence-electron chi connectivity index (χ2n) is 2.83. The molecule has 0 atom stereocenters. The molecule has 74 valence electrons. The molecule has 5 heteroatoms. The molecule has 2 aromatic heterocycles. The van der Waals surface area contributed by atoms with Gasteiger partial charge in [0.2, 0.25) is 0 Å². The second kappa shape index (κ2) is 4.17. The van der Waals surface area contributed by atoms with Crippen LogP contribution in [0.3, 0.4) is 0 Å². The van der Waals surface area contributed by atoms with Gasteiger partial charge in [-0.25, -0.2) is 4.98 Å². The highest BCUT2D eigenvalue weighted by molar-refractivity contribution is 7.14. The van der Waals surface area contributed by atoms with E-state index in [4.69, 9.17) is 10.4 Å². The lowest BCUT2D eigenvalue weighted by molar-refractivity contribution is 0.285. The summed E-state index contributed by atoms with van der Waals surface area (Å²) in [6.45, 7) is -0.0182. The standard InChI is InChI=1S/C10H7N3OS/c11-4-7-1-2-12-9(3-7)10-13-5-8(6-14)15-10/h1-3,5,14H,6H2. The lowest BCUT2D eigenvalue weighted by atomic mass is 10.2. The molecular formula is C10H7N3OS. The Kier molecular flexibility index (Phi) is 2.72. The van der Waals surface area contributed by atoms with Crippen molar-refractivity contribution in [3.05, 3.63) is 35.0 Å². The van der Waals surface area contributed by atoms with Gasteiger partial charge in [-0.3, -0.25) is 4.98 Å². The first-order valence-electron chi connectivity index (χ1n) is 4.25. The monoisotopic (exact) mass is 217 g/mol. The second-order valence-corrected chi connectivity index (χ2v) is 3.95. The van der Waals surface area contributed by atoms with Crippen LogP contribution in [0.4, 0.5) is 0 Å². The van der Waals surface area contributed by atoms with Gasteiger partial charge in [0.15, 0.2) is 0 Å². The highest BCUT2D eigenvalue weighted by Gasteiger charge is 2.05. The third-order valence-electron chi connectivity index (χ3n) is 1.82. The van der Waals surface area contributed by atoms with Crippen molar-refractivity contribution >= 4 is 11.3 Å². The first kappa shape index (κ1) is 9.77. The summed E-state index contributed by atoms with van der Waals surface area (Å²) < 4.78 is 0. The van der Waals surface area contributed by atoms with Crippen LogP contribution in [0.25, 0.3) is 10.7 Å². The summed E-state index contributed by atoms with van der Waals surface area (Å²) in [6, 6.07) is 5.37. The first-order chi connectivity index (χ1) is 7.33. The largest absolute Gasteiger partial charge is 0.391 e. The van der Waals surface area contributed by atoms with E-state index in [2.05, 4.69) is 9.97 Å². The van der Waals surface area contributed by atoms with Crippen LogP contribution in [-0.4, -0.2) is 15.1 Å². The Morgan fingerprint density at radius 3 is 3.00 bits per heavy atom. The summed E-state index contributed by atoms with van der Waals surface area (Å²) in [5, 5.41) is 18.3. The van der Waals surface area contributed by atoms with E-state index in [1.54, 1.807) is 24.5 Å². The molecule has 0 aliphatic heterocycles. The number of pyridine rings is 1. The molecule has 1 N–H and O–H groups in total. The molecule has 0 radical (unpaired) electrons. The van der Waals surface area contributed by atoms with Crippen molar-refractivity contribution in [1.82, 2.24) is 9.97 Å². The SMILES string of the molecule is N#Cc1ccnc(-c2ncc(CO)s2)c1. The maximum Gasteiger partial charge on any atom is 0.142 e. The van der Waals surface area contributed by atoms with Crippen molar-refractivity contribution in [3.8, 4) is 16.8 Å². The maximum absolute atomic E-state index is 8.90. The highest BCUT2D eigenvalue weighted by atomic mass is 32.1. The number of aliphatic hydroxyl groups is 1. The quantitative estimate of drug-likeness (QED) is 0.828. The molecule has 0 aliphatic carbocycles. The zero-order chi connectivity index (χ0) is 10.7. The number of aromatic nitrogens is 2. The van der Waals surface area contributed by atoms with Crippen molar-refractivity contribution < 1.29 is 5.11 Å². The lowest BCUT2D eigenvalue weighted by Gasteiger charge is -1.94. The fourth-order valence-corrected chi connectivity index (χ4v) is 1.86. The van der Waals surface area contributed by atoms with Gasteiger partial charge in [-0.05, 0) is 12.1 Å². The van der Waals surface area contributed by atoms with E-state index in [0.29, 0.717) is 11.3 Å². The molecule has 0 bridgehead atoms. The van der Waals surface area contributed by atoms with E-state index < -0.39 is 0 Å². The minimum absolute atomic E-state index is 0.0182. The molecule has 0 unspecified atom stereocenters. The van der Waals surface area contributed by atoms with Crippen molar-refractivity contribution in [3.63, 3.8) is 0 Å². The summed E-state index contributed by atoms with van der Waals surface area (Å²) in [4.78, 5) is 9.03. The summed E-state index contributed by atoms with van der Waals surface area (Å²) in [7, 11) is 0. The molecule has 0 saturated heterocycles. The van der Waals surface area contributed by atoms with Crippen molar-refractivity contribution in [1.29, 1.82) is 5.26 Å². The van der Waals surface area contributed by atoms with Crippen LogP contribution in [0.15, 0.2) is 24.5 Å².